The number of cyclic esters (lactones) is 1. The zero-order chi connectivity index (χ0) is 10.8. The van der Waals surface area contributed by atoms with E-state index in [1.807, 2.05) is 12.1 Å². The van der Waals surface area contributed by atoms with Crippen LogP contribution in [0.1, 0.15) is 27.9 Å². The molecule has 78 valence electrons. The van der Waals surface area contributed by atoms with Crippen LogP contribution in [0.3, 0.4) is 0 Å². The Kier molecular flexibility index (Phi) is 2.41. The smallest absolute Gasteiger partial charge is 0.338 e. The summed E-state index contributed by atoms with van der Waals surface area (Å²) in [5.74, 6) is -0.589. The fraction of sp³-hybridized carbons (Fsp3) is 0.273. The van der Waals surface area contributed by atoms with Gasteiger partial charge < -0.3 is 10.5 Å². The number of primary amides is 1. The second-order valence-corrected chi connectivity index (χ2v) is 3.53. The number of benzene rings is 1. The number of ether oxygens (including phenoxy) is 1. The Bertz CT molecular complexity index is 426. The number of fused-ring (bicyclic) bond motifs is 1. The summed E-state index contributed by atoms with van der Waals surface area (Å²) < 4.78 is 4.87. The van der Waals surface area contributed by atoms with Gasteiger partial charge in [0.25, 0.3) is 0 Å². The van der Waals surface area contributed by atoms with Gasteiger partial charge in [0.2, 0.25) is 5.91 Å². The van der Waals surface area contributed by atoms with Crippen molar-refractivity contribution in [2.75, 3.05) is 0 Å². The van der Waals surface area contributed by atoms with Gasteiger partial charge in [-0.05, 0) is 18.1 Å². The summed E-state index contributed by atoms with van der Waals surface area (Å²) in [6, 6.07) is 5.46. The summed E-state index contributed by atoms with van der Waals surface area (Å²) in [7, 11) is 0. The van der Waals surface area contributed by atoms with E-state index in [1.54, 1.807) is 6.07 Å². The van der Waals surface area contributed by atoms with Crippen molar-refractivity contribution in [3.63, 3.8) is 0 Å². The standard InChI is InChI=1S/C11H11NO3/c12-10(13)4-2-7-1-3-9-8(5-7)6-15-11(9)14/h1,3,5H,2,4,6H2,(H2,12,13). The van der Waals surface area contributed by atoms with Gasteiger partial charge in [-0.3, -0.25) is 4.79 Å². The third-order valence-corrected chi connectivity index (χ3v) is 2.41. The van der Waals surface area contributed by atoms with Crippen molar-refractivity contribution in [3.05, 3.63) is 34.9 Å². The van der Waals surface area contributed by atoms with Gasteiger partial charge in [-0.1, -0.05) is 12.1 Å². The van der Waals surface area contributed by atoms with Crippen LogP contribution < -0.4 is 5.73 Å². The molecule has 0 atom stereocenters. The van der Waals surface area contributed by atoms with E-state index in [0.29, 0.717) is 25.0 Å². The minimum absolute atomic E-state index is 0.272. The molecule has 2 rings (SSSR count). The molecule has 0 spiro atoms. The lowest BCUT2D eigenvalue weighted by atomic mass is 10.0. The summed E-state index contributed by atoms with van der Waals surface area (Å²) in [6.07, 6.45) is 0.935. The Morgan fingerprint density at radius 1 is 1.47 bits per heavy atom. The van der Waals surface area contributed by atoms with E-state index in [2.05, 4.69) is 0 Å². The molecule has 0 saturated carbocycles. The Labute approximate surface area is 87.0 Å². The van der Waals surface area contributed by atoms with E-state index in [0.717, 1.165) is 11.1 Å². The van der Waals surface area contributed by atoms with Crippen molar-refractivity contribution in [2.45, 2.75) is 19.4 Å². The summed E-state index contributed by atoms with van der Waals surface area (Å²) in [5.41, 5.74) is 7.58. The maximum absolute atomic E-state index is 11.1. The Balaban J connectivity index is 2.16. The fourth-order valence-electron chi connectivity index (χ4n) is 1.61. The normalized spacial score (nSPS) is 13.5. The largest absolute Gasteiger partial charge is 0.457 e. The van der Waals surface area contributed by atoms with Crippen LogP contribution in [0.15, 0.2) is 18.2 Å². The van der Waals surface area contributed by atoms with Gasteiger partial charge in [0.15, 0.2) is 0 Å². The van der Waals surface area contributed by atoms with Crippen molar-refractivity contribution in [2.24, 2.45) is 5.73 Å². The summed E-state index contributed by atoms with van der Waals surface area (Å²) in [6.45, 7) is 0.332. The van der Waals surface area contributed by atoms with E-state index >= 15 is 0 Å². The number of esters is 1. The van der Waals surface area contributed by atoms with E-state index in [1.165, 1.54) is 0 Å². The number of aryl methyl sites for hydroxylation is 1. The SMILES string of the molecule is NC(=O)CCc1ccc2c(c1)COC2=O. The second-order valence-electron chi connectivity index (χ2n) is 3.53. The molecule has 0 bridgehead atoms. The predicted molar refractivity (Wildman–Crippen MR) is 53.1 cm³/mol. The Hall–Kier alpha value is -1.84. The van der Waals surface area contributed by atoms with E-state index in [-0.39, 0.29) is 11.9 Å². The number of rotatable bonds is 3. The molecule has 0 fully saturated rings. The van der Waals surface area contributed by atoms with Crippen molar-refractivity contribution in [3.8, 4) is 0 Å². The molecule has 15 heavy (non-hydrogen) atoms. The summed E-state index contributed by atoms with van der Waals surface area (Å²) in [5, 5.41) is 0. The van der Waals surface area contributed by atoms with Gasteiger partial charge in [0, 0.05) is 12.0 Å². The van der Waals surface area contributed by atoms with Crippen molar-refractivity contribution >= 4 is 11.9 Å². The van der Waals surface area contributed by atoms with Crippen LogP contribution in [0, 0.1) is 0 Å². The zero-order valence-electron chi connectivity index (χ0n) is 8.16. The van der Waals surface area contributed by atoms with Gasteiger partial charge in [-0.2, -0.15) is 0 Å². The number of hydrogen-bond donors (Lipinski definition) is 1. The van der Waals surface area contributed by atoms with Gasteiger partial charge in [-0.25, -0.2) is 4.79 Å². The number of hydrogen-bond acceptors (Lipinski definition) is 3. The van der Waals surface area contributed by atoms with Crippen molar-refractivity contribution < 1.29 is 14.3 Å². The Morgan fingerprint density at radius 2 is 2.27 bits per heavy atom. The molecular formula is C11H11NO3. The van der Waals surface area contributed by atoms with Crippen LogP contribution in [-0.2, 0) is 22.6 Å². The topological polar surface area (TPSA) is 69.4 Å². The molecule has 0 unspecified atom stereocenters. The number of carbonyl (C=O) groups is 2. The van der Waals surface area contributed by atoms with Crippen molar-refractivity contribution in [1.29, 1.82) is 0 Å². The first-order valence-electron chi connectivity index (χ1n) is 4.74. The first-order valence-corrected chi connectivity index (χ1v) is 4.74. The minimum atomic E-state index is -0.317. The molecule has 0 aliphatic carbocycles. The lowest BCUT2D eigenvalue weighted by molar-refractivity contribution is -0.117. The molecule has 0 radical (unpaired) electrons. The molecule has 0 aromatic heterocycles. The van der Waals surface area contributed by atoms with Crippen LogP contribution in [0.2, 0.25) is 0 Å². The monoisotopic (exact) mass is 205 g/mol. The minimum Gasteiger partial charge on any atom is -0.457 e. The molecule has 1 heterocycles. The first kappa shape index (κ1) is 9.71. The second kappa shape index (κ2) is 3.73. The quantitative estimate of drug-likeness (QED) is 0.741. The predicted octanol–water partition coefficient (Wildman–Crippen LogP) is 0.775. The molecule has 0 saturated heterocycles. The Morgan fingerprint density at radius 3 is 3.00 bits per heavy atom. The third-order valence-electron chi connectivity index (χ3n) is 2.41. The van der Waals surface area contributed by atoms with Gasteiger partial charge in [-0.15, -0.1) is 0 Å². The number of nitrogens with two attached hydrogens (primary N) is 1. The van der Waals surface area contributed by atoms with E-state index < -0.39 is 0 Å². The molecule has 2 N–H and O–H groups in total. The highest BCUT2D eigenvalue weighted by Crippen LogP contribution is 2.21. The summed E-state index contributed by atoms with van der Waals surface area (Å²) in [4.78, 5) is 21.7. The lowest BCUT2D eigenvalue weighted by Crippen LogP contribution is -2.11. The van der Waals surface area contributed by atoms with Crippen LogP contribution in [0.4, 0.5) is 0 Å². The van der Waals surface area contributed by atoms with Gasteiger partial charge in [0.05, 0.1) is 5.56 Å². The van der Waals surface area contributed by atoms with Crippen LogP contribution in [0.5, 0.6) is 0 Å². The first-order chi connectivity index (χ1) is 7.16. The maximum atomic E-state index is 11.1. The lowest BCUT2D eigenvalue weighted by Gasteiger charge is -2.00. The average molecular weight is 205 g/mol. The number of carbonyl (C=O) groups excluding carboxylic acids is 2. The van der Waals surface area contributed by atoms with Crippen LogP contribution in [-0.4, -0.2) is 11.9 Å². The molecule has 1 aromatic carbocycles. The van der Waals surface area contributed by atoms with E-state index in [4.69, 9.17) is 10.5 Å². The molecule has 4 nitrogen and oxygen atoms in total. The summed E-state index contributed by atoms with van der Waals surface area (Å²) >= 11 is 0. The highest BCUT2D eigenvalue weighted by Gasteiger charge is 2.20. The maximum Gasteiger partial charge on any atom is 0.338 e. The molecular weight excluding hydrogens is 194 g/mol. The average Bonchev–Trinajstić information content (AvgIpc) is 2.57. The molecule has 1 aliphatic heterocycles. The van der Waals surface area contributed by atoms with Crippen molar-refractivity contribution in [1.82, 2.24) is 0 Å². The van der Waals surface area contributed by atoms with E-state index in [9.17, 15) is 9.59 Å². The number of amides is 1. The van der Waals surface area contributed by atoms with Crippen LogP contribution in [0.25, 0.3) is 0 Å². The zero-order valence-corrected chi connectivity index (χ0v) is 8.16. The molecule has 1 aromatic rings. The highest BCUT2D eigenvalue weighted by molar-refractivity contribution is 5.93. The van der Waals surface area contributed by atoms with Crippen LogP contribution >= 0.6 is 0 Å². The molecule has 4 heteroatoms. The molecule has 1 amide bonds. The highest BCUT2D eigenvalue weighted by atomic mass is 16.5. The molecule has 1 aliphatic rings. The third kappa shape index (κ3) is 1.98. The fourth-order valence-corrected chi connectivity index (χ4v) is 1.61. The van der Waals surface area contributed by atoms with Gasteiger partial charge in [0.1, 0.15) is 6.61 Å². The van der Waals surface area contributed by atoms with Gasteiger partial charge >= 0.3 is 5.97 Å².